The molecule has 4 aromatic rings. The first-order chi connectivity index (χ1) is 28.3. The average molecular weight is 778 g/mol. The number of aryl methyl sites for hydroxylation is 1. The number of rotatable bonds is 9. The second kappa shape index (κ2) is 15.1. The van der Waals surface area contributed by atoms with E-state index in [-0.39, 0.29) is 23.6 Å². The summed E-state index contributed by atoms with van der Waals surface area (Å²) in [6, 6.07) is 31.6. The number of carbonyl (C=O) groups excluding carboxylic acids is 3. The molecule has 298 valence electrons. The molecule has 5 atom stereocenters. The molecule has 3 amide bonds. The highest BCUT2D eigenvalue weighted by Crippen LogP contribution is 2.47. The molecular formula is C48H51N5O5. The van der Waals surface area contributed by atoms with Gasteiger partial charge in [0.05, 0.1) is 11.1 Å². The Morgan fingerprint density at radius 2 is 1.55 bits per heavy atom. The zero-order valence-corrected chi connectivity index (χ0v) is 32.9. The van der Waals surface area contributed by atoms with Gasteiger partial charge in [-0.05, 0) is 129 Å². The van der Waals surface area contributed by atoms with Crippen LogP contribution in [0.25, 0.3) is 0 Å². The van der Waals surface area contributed by atoms with Gasteiger partial charge in [0.15, 0.2) is 0 Å². The van der Waals surface area contributed by atoms with E-state index in [2.05, 4.69) is 87.3 Å². The average Bonchev–Trinajstić information content (AvgIpc) is 3.93. The Kier molecular flexibility index (Phi) is 9.57. The Morgan fingerprint density at radius 1 is 0.759 bits per heavy atom. The largest absolute Gasteiger partial charge is 0.508 e. The second-order valence-corrected chi connectivity index (χ2v) is 17.2. The monoisotopic (exact) mass is 777 g/mol. The number of likely N-dealkylation sites (tertiary alicyclic amines) is 2. The molecule has 10 heteroatoms. The topological polar surface area (TPSA) is 106 Å². The fourth-order valence-electron chi connectivity index (χ4n) is 11.0. The predicted octanol–water partition coefficient (Wildman–Crippen LogP) is 6.45. The first kappa shape index (κ1) is 36.9. The molecule has 4 aromatic carbocycles. The molecule has 2 bridgehead atoms. The number of piperazine rings is 1. The van der Waals surface area contributed by atoms with Gasteiger partial charge in [0, 0.05) is 55.1 Å². The Bertz CT molecular complexity index is 2250. The van der Waals surface area contributed by atoms with Crippen LogP contribution in [0.4, 0.5) is 5.69 Å². The Labute approximate surface area is 340 Å². The minimum Gasteiger partial charge on any atom is -0.508 e. The van der Waals surface area contributed by atoms with Crippen molar-refractivity contribution in [2.75, 3.05) is 44.2 Å². The summed E-state index contributed by atoms with van der Waals surface area (Å²) in [5.74, 6) is 0.722. The summed E-state index contributed by atoms with van der Waals surface area (Å²) in [5.41, 5.74) is 7.56. The Morgan fingerprint density at radius 3 is 2.31 bits per heavy atom. The molecule has 0 aromatic heterocycles. The number of benzene rings is 4. The molecular weight excluding hydrogens is 727 g/mol. The van der Waals surface area contributed by atoms with Crippen molar-refractivity contribution in [1.29, 1.82) is 0 Å². The third kappa shape index (κ3) is 6.66. The number of amides is 3. The summed E-state index contributed by atoms with van der Waals surface area (Å²) in [6.45, 7) is 9.43. The molecule has 10 nitrogen and oxygen atoms in total. The van der Waals surface area contributed by atoms with Crippen LogP contribution in [-0.2, 0) is 11.2 Å². The molecule has 6 aliphatic rings. The highest BCUT2D eigenvalue weighted by Gasteiger charge is 2.48. The summed E-state index contributed by atoms with van der Waals surface area (Å²) in [5, 5.41) is 12.9. The number of phenolic OH excluding ortho intramolecular Hbond substituents is 1. The van der Waals surface area contributed by atoms with E-state index in [0.29, 0.717) is 66.1 Å². The molecule has 5 aliphatic heterocycles. The number of ether oxygens (including phenoxy) is 1. The fourth-order valence-corrected chi connectivity index (χ4v) is 11.0. The van der Waals surface area contributed by atoms with Crippen LogP contribution in [0.3, 0.4) is 0 Å². The highest BCUT2D eigenvalue weighted by molar-refractivity contribution is 6.23. The fraction of sp³-hybridized carbons (Fsp3) is 0.396. The van der Waals surface area contributed by atoms with E-state index in [1.54, 1.807) is 6.07 Å². The number of nitrogens with one attached hydrogen (secondary N) is 1. The lowest BCUT2D eigenvalue weighted by Gasteiger charge is -2.43. The zero-order valence-electron chi connectivity index (χ0n) is 32.9. The lowest BCUT2D eigenvalue weighted by molar-refractivity contribution is -0.125. The maximum absolute atomic E-state index is 13.5. The van der Waals surface area contributed by atoms with Gasteiger partial charge in [-0.3, -0.25) is 29.1 Å². The third-order valence-electron chi connectivity index (χ3n) is 13.9. The number of nitrogens with zero attached hydrogens (tertiary/aromatic N) is 4. The molecule has 1 aliphatic carbocycles. The van der Waals surface area contributed by atoms with Crippen molar-refractivity contribution in [1.82, 2.24) is 20.0 Å². The zero-order chi connectivity index (χ0) is 39.5. The summed E-state index contributed by atoms with van der Waals surface area (Å²) >= 11 is 0. The maximum atomic E-state index is 13.5. The van der Waals surface area contributed by atoms with Crippen LogP contribution in [0.2, 0.25) is 0 Å². The van der Waals surface area contributed by atoms with Crippen molar-refractivity contribution >= 4 is 23.4 Å². The van der Waals surface area contributed by atoms with E-state index in [1.165, 1.54) is 22.3 Å². The molecule has 0 spiro atoms. The SMILES string of the molecule is C=C1CCC(N2C(=O)c3ccc(N4C[C@@H]5C[C@H]4CN5C4CCN(CCOc5ccc([C@H]6c7ccc(O)cc7CC[C@H]6c6ccccc6)cc5)CC4)cc3C2=O)C(=O)N1. The van der Waals surface area contributed by atoms with Crippen LogP contribution in [0.1, 0.15) is 93.3 Å². The number of imide groups is 1. The summed E-state index contributed by atoms with van der Waals surface area (Å²) in [6.07, 6.45) is 6.36. The van der Waals surface area contributed by atoms with Gasteiger partial charge in [0.1, 0.15) is 24.1 Å². The molecule has 0 radical (unpaired) electrons. The number of hydrogen-bond donors (Lipinski definition) is 2. The van der Waals surface area contributed by atoms with Gasteiger partial charge in [0.25, 0.3) is 11.8 Å². The lowest BCUT2D eigenvalue weighted by atomic mass is 9.69. The van der Waals surface area contributed by atoms with E-state index >= 15 is 0 Å². The minimum absolute atomic E-state index is 0.221. The van der Waals surface area contributed by atoms with Gasteiger partial charge in [-0.1, -0.05) is 55.1 Å². The molecule has 5 heterocycles. The number of hydrogen-bond acceptors (Lipinski definition) is 8. The number of fused-ring (bicyclic) bond motifs is 4. The van der Waals surface area contributed by atoms with Crippen LogP contribution in [-0.4, -0.2) is 101 Å². The van der Waals surface area contributed by atoms with Crippen LogP contribution >= 0.6 is 0 Å². The summed E-state index contributed by atoms with van der Waals surface area (Å²) < 4.78 is 6.30. The standard InChI is InChI=1S/C48H51N5O5/c1-30-7-18-44(46(55)49-30)53-47(56)42-16-11-35(27-43(42)48(53)57)52-29-36-26-37(52)28-51(36)34-19-21-50(22-20-34)23-24-58-39-13-8-32(9-14-39)45-40(31-5-3-2-4-6-31)15-10-33-25-38(54)12-17-41(33)45/h2-6,8-9,11-14,16-17,25,27,34,36-37,40,44-45,54H,1,7,10,15,18-24,26,28-29H2,(H,49,55)/t36-,37-,40-,44?,45+/m0/s1. The predicted molar refractivity (Wildman–Crippen MR) is 222 cm³/mol. The van der Waals surface area contributed by atoms with Gasteiger partial charge < -0.3 is 20.1 Å². The van der Waals surface area contributed by atoms with Gasteiger partial charge in [-0.2, -0.15) is 0 Å². The number of anilines is 1. The second-order valence-electron chi connectivity index (χ2n) is 17.2. The minimum atomic E-state index is -0.799. The van der Waals surface area contributed by atoms with Crippen molar-refractivity contribution < 1.29 is 24.2 Å². The molecule has 2 N–H and O–H groups in total. The normalized spacial score (nSPS) is 26.2. The number of phenols is 1. The van der Waals surface area contributed by atoms with Gasteiger partial charge in [-0.15, -0.1) is 0 Å². The van der Waals surface area contributed by atoms with E-state index in [0.717, 1.165) is 81.2 Å². The summed E-state index contributed by atoms with van der Waals surface area (Å²) in [7, 11) is 0. The molecule has 58 heavy (non-hydrogen) atoms. The summed E-state index contributed by atoms with van der Waals surface area (Å²) in [4.78, 5) is 48.3. The highest BCUT2D eigenvalue weighted by atomic mass is 16.5. The number of piperidine rings is 2. The van der Waals surface area contributed by atoms with E-state index in [1.807, 2.05) is 24.3 Å². The van der Waals surface area contributed by atoms with Crippen LogP contribution in [0, 0.1) is 0 Å². The van der Waals surface area contributed by atoms with E-state index < -0.39 is 6.04 Å². The molecule has 4 fully saturated rings. The number of carbonyl (C=O) groups is 3. The van der Waals surface area contributed by atoms with Gasteiger partial charge in [-0.25, -0.2) is 0 Å². The van der Waals surface area contributed by atoms with Crippen molar-refractivity contribution in [2.24, 2.45) is 0 Å². The van der Waals surface area contributed by atoms with Crippen molar-refractivity contribution in [3.63, 3.8) is 0 Å². The van der Waals surface area contributed by atoms with Gasteiger partial charge >= 0.3 is 0 Å². The van der Waals surface area contributed by atoms with Crippen LogP contribution in [0.15, 0.2) is 103 Å². The lowest BCUT2D eigenvalue weighted by Crippen LogP contribution is -2.53. The van der Waals surface area contributed by atoms with E-state index in [9.17, 15) is 19.5 Å². The van der Waals surface area contributed by atoms with E-state index in [4.69, 9.17) is 4.74 Å². The first-order valence-electron chi connectivity index (χ1n) is 21.1. The smallest absolute Gasteiger partial charge is 0.262 e. The van der Waals surface area contributed by atoms with Gasteiger partial charge in [0.2, 0.25) is 5.91 Å². The molecule has 10 rings (SSSR count). The van der Waals surface area contributed by atoms with Crippen molar-refractivity contribution in [3.8, 4) is 11.5 Å². The maximum Gasteiger partial charge on any atom is 0.262 e. The molecule has 0 saturated carbocycles. The van der Waals surface area contributed by atoms with Crippen LogP contribution in [0.5, 0.6) is 11.5 Å². The Hall–Kier alpha value is -5.45. The number of aromatic hydroxyl groups is 1. The van der Waals surface area contributed by atoms with Crippen molar-refractivity contribution in [3.05, 3.63) is 137 Å². The first-order valence-corrected chi connectivity index (χ1v) is 21.1. The van der Waals surface area contributed by atoms with Crippen molar-refractivity contribution in [2.45, 2.75) is 80.9 Å². The molecule has 1 unspecified atom stereocenters. The van der Waals surface area contributed by atoms with Crippen LogP contribution < -0.4 is 15.0 Å². The quantitative estimate of drug-likeness (QED) is 0.187. The third-order valence-corrected chi connectivity index (χ3v) is 13.9. The molecule has 4 saturated heterocycles. The Balaban J connectivity index is 0.710. The number of allylic oxidation sites excluding steroid dienone is 1.